The van der Waals surface area contributed by atoms with Gasteiger partial charge in [0.2, 0.25) is 0 Å². The molecule has 0 N–H and O–H groups in total. The van der Waals surface area contributed by atoms with Gasteiger partial charge in [0.15, 0.2) is 0 Å². The van der Waals surface area contributed by atoms with E-state index in [1.807, 2.05) is 37.3 Å². The molecule has 0 amide bonds. The number of benzene rings is 2. The van der Waals surface area contributed by atoms with Crippen LogP contribution in [-0.2, 0) is 0 Å². The number of rotatable bonds is 4. The van der Waals surface area contributed by atoms with Crippen molar-refractivity contribution >= 4 is 12.7 Å². The van der Waals surface area contributed by atoms with E-state index in [1.165, 1.54) is 11.1 Å². The second-order valence-electron chi connectivity index (χ2n) is 5.03. The SMILES string of the molecule is C=C/C=C(/C)C(=C)/C=c1/cc(-c2ccccc2)ccc1=C. The normalized spacial score (nSPS) is 12.2. The lowest BCUT2D eigenvalue weighted by Crippen LogP contribution is -2.22. The molecule has 0 nitrogen and oxygen atoms in total. The third kappa shape index (κ3) is 3.70. The lowest BCUT2D eigenvalue weighted by atomic mass is 10.0. The van der Waals surface area contributed by atoms with Crippen molar-refractivity contribution in [3.8, 4) is 11.1 Å². The summed E-state index contributed by atoms with van der Waals surface area (Å²) in [6, 6.07) is 16.7. The van der Waals surface area contributed by atoms with Gasteiger partial charge >= 0.3 is 0 Å². The molecule has 0 heterocycles. The summed E-state index contributed by atoms with van der Waals surface area (Å²) in [5, 5.41) is 2.10. The molecule has 0 unspecified atom stereocenters. The van der Waals surface area contributed by atoms with Crippen molar-refractivity contribution in [1.82, 2.24) is 0 Å². The van der Waals surface area contributed by atoms with Crippen molar-refractivity contribution in [2.24, 2.45) is 0 Å². The van der Waals surface area contributed by atoms with Crippen LogP contribution in [0.15, 0.2) is 85.0 Å². The van der Waals surface area contributed by atoms with E-state index in [2.05, 4.69) is 50.1 Å². The summed E-state index contributed by atoms with van der Waals surface area (Å²) in [5.74, 6) is 0. The Balaban J connectivity index is 2.50. The summed E-state index contributed by atoms with van der Waals surface area (Å²) in [7, 11) is 0. The number of allylic oxidation sites excluding steroid dienone is 4. The first-order valence-electron chi connectivity index (χ1n) is 6.96. The van der Waals surface area contributed by atoms with Gasteiger partial charge in [-0.3, -0.25) is 0 Å². The molecular formula is C21H20. The van der Waals surface area contributed by atoms with Gasteiger partial charge in [-0.2, -0.15) is 0 Å². The van der Waals surface area contributed by atoms with Gasteiger partial charge in [-0.15, -0.1) is 0 Å². The monoisotopic (exact) mass is 272 g/mol. The van der Waals surface area contributed by atoms with Crippen LogP contribution in [0.25, 0.3) is 23.8 Å². The fourth-order valence-electron chi connectivity index (χ4n) is 2.12. The zero-order chi connectivity index (χ0) is 15.2. The predicted octanol–water partition coefficient (Wildman–Crippen LogP) is 4.23. The Morgan fingerprint density at radius 1 is 1.00 bits per heavy atom. The van der Waals surface area contributed by atoms with Crippen LogP contribution in [0.1, 0.15) is 6.92 Å². The second-order valence-corrected chi connectivity index (χ2v) is 5.03. The summed E-state index contributed by atoms with van der Waals surface area (Å²) in [4.78, 5) is 0. The van der Waals surface area contributed by atoms with E-state index < -0.39 is 0 Å². The van der Waals surface area contributed by atoms with E-state index in [0.29, 0.717) is 0 Å². The molecule has 0 spiro atoms. The molecule has 0 aliphatic heterocycles. The molecule has 0 saturated heterocycles. The minimum atomic E-state index is 0.977. The summed E-state index contributed by atoms with van der Waals surface area (Å²) >= 11 is 0. The molecule has 0 aromatic heterocycles. The zero-order valence-electron chi connectivity index (χ0n) is 12.5. The Morgan fingerprint density at radius 3 is 2.38 bits per heavy atom. The quantitative estimate of drug-likeness (QED) is 0.731. The number of hydrogen-bond acceptors (Lipinski definition) is 0. The number of hydrogen-bond donors (Lipinski definition) is 0. The highest BCUT2D eigenvalue weighted by molar-refractivity contribution is 5.65. The van der Waals surface area contributed by atoms with Crippen LogP contribution in [0.5, 0.6) is 0 Å². The predicted molar refractivity (Wildman–Crippen MR) is 94.2 cm³/mol. The maximum absolute atomic E-state index is 4.11. The van der Waals surface area contributed by atoms with Gasteiger partial charge in [0.1, 0.15) is 0 Å². The molecule has 2 aromatic rings. The highest BCUT2D eigenvalue weighted by Gasteiger charge is 1.97. The Morgan fingerprint density at radius 2 is 1.71 bits per heavy atom. The minimum Gasteiger partial charge on any atom is -0.0991 e. The molecule has 104 valence electrons. The summed E-state index contributed by atoms with van der Waals surface area (Å²) in [5.41, 5.74) is 4.48. The van der Waals surface area contributed by atoms with Gasteiger partial charge in [0, 0.05) is 0 Å². The van der Waals surface area contributed by atoms with Gasteiger partial charge in [-0.1, -0.05) is 74.4 Å². The Bertz CT molecular complexity index is 790. The van der Waals surface area contributed by atoms with Crippen LogP contribution in [0.4, 0.5) is 0 Å². The molecule has 0 aliphatic rings. The molecule has 0 saturated carbocycles. The third-order valence-corrected chi connectivity index (χ3v) is 3.46. The average molecular weight is 272 g/mol. The third-order valence-electron chi connectivity index (χ3n) is 3.46. The lowest BCUT2D eigenvalue weighted by molar-refractivity contribution is 1.45. The van der Waals surface area contributed by atoms with Gasteiger partial charge in [0.05, 0.1) is 0 Å². The first-order valence-corrected chi connectivity index (χ1v) is 6.96. The largest absolute Gasteiger partial charge is 0.0991 e. The Kier molecular flexibility index (Phi) is 4.73. The molecule has 21 heavy (non-hydrogen) atoms. The van der Waals surface area contributed by atoms with Crippen LogP contribution in [0.3, 0.4) is 0 Å². The van der Waals surface area contributed by atoms with Crippen molar-refractivity contribution in [3.63, 3.8) is 0 Å². The highest BCUT2D eigenvalue weighted by atomic mass is 14.0. The lowest BCUT2D eigenvalue weighted by Gasteiger charge is -2.03. The molecule has 2 aromatic carbocycles. The van der Waals surface area contributed by atoms with Crippen molar-refractivity contribution in [1.29, 1.82) is 0 Å². The van der Waals surface area contributed by atoms with Crippen LogP contribution < -0.4 is 10.4 Å². The maximum Gasteiger partial charge on any atom is -0.0178 e. The topological polar surface area (TPSA) is 0 Å². The minimum absolute atomic E-state index is 0.977. The molecular weight excluding hydrogens is 252 g/mol. The first kappa shape index (κ1) is 14.8. The van der Waals surface area contributed by atoms with Gasteiger partial charge < -0.3 is 0 Å². The average Bonchev–Trinajstić information content (AvgIpc) is 2.50. The van der Waals surface area contributed by atoms with Gasteiger partial charge in [0.25, 0.3) is 0 Å². The van der Waals surface area contributed by atoms with E-state index in [1.54, 1.807) is 6.08 Å². The van der Waals surface area contributed by atoms with Crippen LogP contribution in [0, 0.1) is 0 Å². The van der Waals surface area contributed by atoms with E-state index >= 15 is 0 Å². The maximum atomic E-state index is 4.11. The summed E-state index contributed by atoms with van der Waals surface area (Å²) < 4.78 is 0. The molecule has 0 heteroatoms. The van der Waals surface area contributed by atoms with Crippen molar-refractivity contribution in [2.45, 2.75) is 6.92 Å². The van der Waals surface area contributed by atoms with Crippen molar-refractivity contribution in [2.75, 3.05) is 0 Å². The van der Waals surface area contributed by atoms with Gasteiger partial charge in [-0.25, -0.2) is 0 Å². The van der Waals surface area contributed by atoms with Crippen LogP contribution >= 0.6 is 0 Å². The molecule has 0 aliphatic carbocycles. The molecule has 0 fully saturated rings. The van der Waals surface area contributed by atoms with Crippen LogP contribution in [0.2, 0.25) is 0 Å². The first-order chi connectivity index (χ1) is 10.1. The van der Waals surface area contributed by atoms with Crippen molar-refractivity contribution in [3.05, 3.63) is 95.4 Å². The standard InChI is InChI=1S/C21H20/c1-5-9-16(2)18(4)14-21-15-20(13-12-17(21)3)19-10-7-6-8-11-19/h5-15H,1,3-4H2,2H3/b16-9-,21-14-. The molecule has 0 bridgehead atoms. The summed E-state index contributed by atoms with van der Waals surface area (Å²) in [6.07, 6.45) is 5.81. The van der Waals surface area contributed by atoms with Crippen molar-refractivity contribution < 1.29 is 0 Å². The van der Waals surface area contributed by atoms with E-state index in [4.69, 9.17) is 0 Å². The van der Waals surface area contributed by atoms with E-state index in [9.17, 15) is 0 Å². The van der Waals surface area contributed by atoms with Gasteiger partial charge in [-0.05, 0) is 51.8 Å². The Hall–Kier alpha value is -2.60. The van der Waals surface area contributed by atoms with E-state index in [-0.39, 0.29) is 0 Å². The highest BCUT2D eigenvalue weighted by Crippen LogP contribution is 2.16. The smallest absolute Gasteiger partial charge is 0.0178 e. The second kappa shape index (κ2) is 6.71. The molecule has 0 atom stereocenters. The molecule has 2 rings (SSSR count). The fraction of sp³-hybridized carbons (Fsp3) is 0.0476. The molecule has 0 radical (unpaired) electrons. The Labute approximate surface area is 126 Å². The van der Waals surface area contributed by atoms with E-state index in [0.717, 1.165) is 21.6 Å². The summed E-state index contributed by atoms with van der Waals surface area (Å²) in [6.45, 7) is 14.0. The fourth-order valence-corrected chi connectivity index (χ4v) is 2.12. The van der Waals surface area contributed by atoms with Crippen LogP contribution in [-0.4, -0.2) is 0 Å². The zero-order valence-corrected chi connectivity index (χ0v) is 12.5.